The van der Waals surface area contributed by atoms with E-state index in [9.17, 15) is 14.4 Å². The van der Waals surface area contributed by atoms with E-state index in [-0.39, 0.29) is 5.56 Å². The monoisotopic (exact) mass is 306 g/mol. The van der Waals surface area contributed by atoms with E-state index in [0.717, 1.165) is 18.6 Å². The minimum atomic E-state index is -1.07. The van der Waals surface area contributed by atoms with E-state index in [1.807, 2.05) is 0 Å². The van der Waals surface area contributed by atoms with Crippen molar-refractivity contribution in [2.24, 2.45) is 0 Å². The Bertz CT molecular complexity index is 818. The van der Waals surface area contributed by atoms with Gasteiger partial charge in [-0.2, -0.15) is 11.8 Å². The van der Waals surface area contributed by atoms with E-state index in [1.54, 1.807) is 17.8 Å². The van der Waals surface area contributed by atoms with Crippen molar-refractivity contribution in [1.82, 2.24) is 9.55 Å². The van der Waals surface area contributed by atoms with Gasteiger partial charge < -0.3 is 14.7 Å². The number of aromatic carboxylic acids is 1. The van der Waals surface area contributed by atoms with Crippen molar-refractivity contribution in [3.8, 4) is 0 Å². The first kappa shape index (κ1) is 13.9. The number of aromatic amines is 1. The topological polar surface area (TPSA) is 92.2 Å². The summed E-state index contributed by atoms with van der Waals surface area (Å²) in [5.41, 5.74) is -0.274. The Balaban J connectivity index is 2.16. The predicted octanol–water partition coefficient (Wildman–Crippen LogP) is 1.28. The van der Waals surface area contributed by atoms with Crippen molar-refractivity contribution in [2.45, 2.75) is 24.6 Å². The summed E-state index contributed by atoms with van der Waals surface area (Å²) in [5.74, 6) is 0.00538. The van der Waals surface area contributed by atoms with Gasteiger partial charge in [-0.1, -0.05) is 0 Å². The van der Waals surface area contributed by atoms with Crippen LogP contribution in [0.25, 0.3) is 11.0 Å². The van der Waals surface area contributed by atoms with Crippen molar-refractivity contribution < 1.29 is 9.90 Å². The van der Waals surface area contributed by atoms with E-state index in [0.29, 0.717) is 22.8 Å². The Hall–Kier alpha value is -2.02. The van der Waals surface area contributed by atoms with E-state index in [4.69, 9.17) is 5.11 Å². The lowest BCUT2D eigenvalue weighted by Crippen LogP contribution is -2.38. The average Bonchev–Trinajstić information content (AvgIpc) is 2.96. The van der Waals surface area contributed by atoms with Crippen LogP contribution in [0.4, 0.5) is 0 Å². The van der Waals surface area contributed by atoms with Gasteiger partial charge in [-0.25, -0.2) is 4.79 Å². The van der Waals surface area contributed by atoms with E-state index in [1.165, 1.54) is 16.7 Å². The standard InChI is InChI=1S/C14H14N2O4S/c17-12-13(18)16(7-9-2-1-5-21-9)11-4-3-8(14(19)20)6-10(11)15-12/h3-4,6,9H,1-2,5,7H2,(H,15,17)(H,19,20). The van der Waals surface area contributed by atoms with Crippen LogP contribution in [0, 0.1) is 0 Å². The summed E-state index contributed by atoms with van der Waals surface area (Å²) < 4.78 is 1.46. The zero-order chi connectivity index (χ0) is 15.0. The molecule has 0 spiro atoms. The number of aromatic nitrogens is 2. The lowest BCUT2D eigenvalue weighted by Gasteiger charge is -2.13. The number of nitrogens with one attached hydrogen (secondary N) is 1. The van der Waals surface area contributed by atoms with E-state index >= 15 is 0 Å². The molecule has 1 aliphatic rings. The maximum absolute atomic E-state index is 12.1. The molecule has 1 fully saturated rings. The molecule has 1 unspecified atom stereocenters. The van der Waals surface area contributed by atoms with Gasteiger partial charge in [0.05, 0.1) is 16.6 Å². The number of H-pyrrole nitrogens is 1. The van der Waals surface area contributed by atoms with Crippen LogP contribution in [0.3, 0.4) is 0 Å². The van der Waals surface area contributed by atoms with Gasteiger partial charge in [0.1, 0.15) is 0 Å². The van der Waals surface area contributed by atoms with Crippen LogP contribution in [0.5, 0.6) is 0 Å². The lowest BCUT2D eigenvalue weighted by molar-refractivity contribution is 0.0697. The van der Waals surface area contributed by atoms with Crippen LogP contribution in [-0.2, 0) is 6.54 Å². The fraction of sp³-hybridized carbons (Fsp3) is 0.357. The van der Waals surface area contributed by atoms with Gasteiger partial charge in [0.15, 0.2) is 0 Å². The number of hydrogen-bond donors (Lipinski definition) is 2. The minimum Gasteiger partial charge on any atom is -0.478 e. The number of carbonyl (C=O) groups is 1. The number of thioether (sulfide) groups is 1. The number of nitrogens with zero attached hydrogens (tertiary/aromatic N) is 1. The molecule has 2 aromatic rings. The number of rotatable bonds is 3. The number of carboxylic acid groups (broad SMARTS) is 1. The molecule has 1 saturated heterocycles. The van der Waals surface area contributed by atoms with Crippen LogP contribution in [0.2, 0.25) is 0 Å². The van der Waals surface area contributed by atoms with Gasteiger partial charge in [-0.15, -0.1) is 0 Å². The molecule has 2 N–H and O–H groups in total. The van der Waals surface area contributed by atoms with Crippen molar-refractivity contribution >= 4 is 28.8 Å². The maximum atomic E-state index is 12.1. The van der Waals surface area contributed by atoms with Gasteiger partial charge >= 0.3 is 17.1 Å². The summed E-state index contributed by atoms with van der Waals surface area (Å²) >= 11 is 1.80. The molecule has 0 saturated carbocycles. The van der Waals surface area contributed by atoms with Crippen LogP contribution in [0.1, 0.15) is 23.2 Å². The summed E-state index contributed by atoms with van der Waals surface area (Å²) in [6.45, 7) is 0.482. The summed E-state index contributed by atoms with van der Waals surface area (Å²) in [6.07, 6.45) is 2.15. The second kappa shape index (κ2) is 5.40. The quantitative estimate of drug-likeness (QED) is 0.834. The smallest absolute Gasteiger partial charge is 0.335 e. The van der Waals surface area contributed by atoms with Crippen molar-refractivity contribution in [3.63, 3.8) is 0 Å². The van der Waals surface area contributed by atoms with Gasteiger partial charge in [-0.3, -0.25) is 9.59 Å². The first-order chi connectivity index (χ1) is 10.1. The molecule has 7 heteroatoms. The zero-order valence-corrected chi connectivity index (χ0v) is 12.0. The number of carboxylic acids is 1. The fourth-order valence-electron chi connectivity index (χ4n) is 2.59. The van der Waals surface area contributed by atoms with Crippen molar-refractivity contribution in [2.75, 3.05) is 5.75 Å². The van der Waals surface area contributed by atoms with Crippen LogP contribution in [0.15, 0.2) is 27.8 Å². The van der Waals surface area contributed by atoms with Crippen molar-refractivity contribution in [3.05, 3.63) is 44.5 Å². The molecule has 110 valence electrons. The van der Waals surface area contributed by atoms with Crippen LogP contribution >= 0.6 is 11.8 Å². The first-order valence-electron chi connectivity index (χ1n) is 6.68. The zero-order valence-electron chi connectivity index (χ0n) is 11.2. The molecule has 3 rings (SSSR count). The number of hydrogen-bond acceptors (Lipinski definition) is 4. The highest BCUT2D eigenvalue weighted by atomic mass is 32.2. The Morgan fingerprint density at radius 2 is 2.24 bits per heavy atom. The largest absolute Gasteiger partial charge is 0.478 e. The second-order valence-electron chi connectivity index (χ2n) is 5.04. The van der Waals surface area contributed by atoms with E-state index in [2.05, 4.69) is 4.98 Å². The van der Waals surface area contributed by atoms with Crippen molar-refractivity contribution in [1.29, 1.82) is 0 Å². The molecular formula is C14H14N2O4S. The van der Waals surface area contributed by atoms with Gasteiger partial charge in [0.25, 0.3) is 0 Å². The predicted molar refractivity (Wildman–Crippen MR) is 81.3 cm³/mol. The third-order valence-corrected chi connectivity index (χ3v) is 5.01. The molecule has 1 aliphatic heterocycles. The SMILES string of the molecule is O=C(O)c1ccc2c(c1)[nH]c(=O)c(=O)n2CC1CCCS1. The molecular weight excluding hydrogens is 292 g/mol. The molecule has 0 amide bonds. The fourth-order valence-corrected chi connectivity index (χ4v) is 3.84. The van der Waals surface area contributed by atoms with E-state index < -0.39 is 17.1 Å². The molecule has 1 aromatic heterocycles. The molecule has 1 atom stereocenters. The highest BCUT2D eigenvalue weighted by molar-refractivity contribution is 8.00. The summed E-state index contributed by atoms with van der Waals surface area (Å²) in [5, 5.41) is 9.33. The Morgan fingerprint density at radius 1 is 1.43 bits per heavy atom. The molecule has 1 aromatic carbocycles. The molecule has 0 aliphatic carbocycles. The van der Waals surface area contributed by atoms with Gasteiger partial charge in [-0.05, 0) is 36.8 Å². The highest BCUT2D eigenvalue weighted by Crippen LogP contribution is 2.27. The first-order valence-corrected chi connectivity index (χ1v) is 7.73. The third kappa shape index (κ3) is 2.61. The molecule has 6 nitrogen and oxygen atoms in total. The molecule has 0 radical (unpaired) electrons. The van der Waals surface area contributed by atoms with Crippen LogP contribution < -0.4 is 11.1 Å². The maximum Gasteiger partial charge on any atom is 0.335 e. The van der Waals surface area contributed by atoms with Gasteiger partial charge in [0.2, 0.25) is 0 Å². The molecule has 0 bridgehead atoms. The Labute approximate surface area is 123 Å². The summed E-state index contributed by atoms with van der Waals surface area (Å²) in [6, 6.07) is 4.41. The van der Waals surface area contributed by atoms with Crippen LogP contribution in [-0.4, -0.2) is 31.6 Å². The number of fused-ring (bicyclic) bond motifs is 1. The second-order valence-corrected chi connectivity index (χ2v) is 6.45. The summed E-state index contributed by atoms with van der Waals surface area (Å²) in [4.78, 5) is 37.3. The summed E-state index contributed by atoms with van der Waals surface area (Å²) in [7, 11) is 0. The number of benzene rings is 1. The Morgan fingerprint density at radius 3 is 2.90 bits per heavy atom. The highest BCUT2D eigenvalue weighted by Gasteiger charge is 2.19. The molecule has 21 heavy (non-hydrogen) atoms. The lowest BCUT2D eigenvalue weighted by atomic mass is 10.2. The normalized spacial score (nSPS) is 18.2. The average molecular weight is 306 g/mol. The molecule has 2 heterocycles. The minimum absolute atomic E-state index is 0.0820. The van der Waals surface area contributed by atoms with Gasteiger partial charge in [0, 0.05) is 11.8 Å². The third-order valence-electron chi connectivity index (χ3n) is 3.63. The Kier molecular flexibility index (Phi) is 3.59.